The molecule has 2 aromatic rings. The van der Waals surface area contributed by atoms with Gasteiger partial charge in [-0.05, 0) is 5.56 Å². The summed E-state index contributed by atoms with van der Waals surface area (Å²) < 4.78 is 6.32. The van der Waals surface area contributed by atoms with E-state index >= 15 is 0 Å². The Morgan fingerprint density at radius 1 is 1.38 bits per heavy atom. The second-order valence-electron chi connectivity index (χ2n) is 4.29. The second kappa shape index (κ2) is 6.51. The molecule has 8 nitrogen and oxygen atoms in total. The first-order valence-electron chi connectivity index (χ1n) is 6.12. The number of carbonyl (C=O) groups excluding carboxylic acids is 1. The first-order chi connectivity index (χ1) is 10.1. The Balaban J connectivity index is 1.94. The summed E-state index contributed by atoms with van der Waals surface area (Å²) >= 11 is 0. The molecule has 1 aromatic carbocycles. The minimum atomic E-state index is -1.30. The van der Waals surface area contributed by atoms with E-state index < -0.39 is 18.1 Å². The van der Waals surface area contributed by atoms with Gasteiger partial charge in [-0.3, -0.25) is 4.68 Å². The van der Waals surface area contributed by atoms with Crippen molar-refractivity contribution in [2.45, 2.75) is 12.6 Å². The minimum absolute atomic E-state index is 0.0550. The molecule has 2 N–H and O–H groups in total. The number of alkyl carbamates (subject to hydrolysis) is 1. The maximum atomic E-state index is 11.7. The molecule has 110 valence electrons. The van der Waals surface area contributed by atoms with Gasteiger partial charge in [0.05, 0.1) is 6.20 Å². The fourth-order valence-corrected chi connectivity index (χ4v) is 1.64. The maximum absolute atomic E-state index is 11.7. The Hall–Kier alpha value is -2.90. The number of amides is 1. The second-order valence-corrected chi connectivity index (χ2v) is 4.29. The smallest absolute Gasteiger partial charge is 0.408 e. The number of hydrogen-bond acceptors (Lipinski definition) is 5. The van der Waals surface area contributed by atoms with Gasteiger partial charge in [0.1, 0.15) is 12.3 Å². The van der Waals surface area contributed by atoms with Crippen LogP contribution < -0.4 is 5.32 Å². The third-order valence-corrected chi connectivity index (χ3v) is 2.64. The number of nitrogens with one attached hydrogen (secondary N) is 1. The van der Waals surface area contributed by atoms with Crippen LogP contribution in [0.4, 0.5) is 4.79 Å². The highest BCUT2D eigenvalue weighted by molar-refractivity contribution is 5.80. The lowest BCUT2D eigenvalue weighted by Gasteiger charge is -2.12. The summed E-state index contributed by atoms with van der Waals surface area (Å²) in [5, 5.41) is 18.7. The van der Waals surface area contributed by atoms with E-state index in [-0.39, 0.29) is 12.3 Å². The molecule has 2 rings (SSSR count). The van der Waals surface area contributed by atoms with E-state index in [0.29, 0.717) is 0 Å². The number of nitrogens with zero attached hydrogens (tertiary/aromatic N) is 3. The first kappa shape index (κ1) is 14.5. The highest BCUT2D eigenvalue weighted by Crippen LogP contribution is 2.10. The zero-order valence-electron chi connectivity index (χ0n) is 11.3. The molecule has 0 aliphatic heterocycles. The average molecular weight is 290 g/mol. The third-order valence-electron chi connectivity index (χ3n) is 2.64. The monoisotopic (exact) mass is 290 g/mol. The van der Waals surface area contributed by atoms with Crippen molar-refractivity contribution in [3.63, 3.8) is 0 Å². The fraction of sp³-hybridized carbons (Fsp3) is 0.231. The Morgan fingerprint density at radius 2 is 2.10 bits per heavy atom. The van der Waals surface area contributed by atoms with Crippen LogP contribution >= 0.6 is 0 Å². The van der Waals surface area contributed by atoms with E-state index in [1.54, 1.807) is 19.2 Å². The van der Waals surface area contributed by atoms with E-state index in [9.17, 15) is 9.59 Å². The van der Waals surface area contributed by atoms with Gasteiger partial charge in [0.25, 0.3) is 0 Å². The summed E-state index contributed by atoms with van der Waals surface area (Å²) in [5.41, 5.74) is 0.931. The standard InChI is InChI=1S/C13H14N4O4/c1-17-7-10(15-16-17)11(12(18)19)14-13(20)21-8-9-5-3-2-4-6-9/h2-7,11H,8H2,1H3,(H,14,20)(H,18,19). The summed E-state index contributed by atoms with van der Waals surface area (Å²) in [7, 11) is 1.60. The molecule has 1 atom stereocenters. The Morgan fingerprint density at radius 3 is 2.67 bits per heavy atom. The number of carboxylic acid groups (broad SMARTS) is 1. The molecule has 0 saturated carbocycles. The van der Waals surface area contributed by atoms with Crippen LogP contribution in [0.25, 0.3) is 0 Å². The normalized spacial score (nSPS) is 11.7. The van der Waals surface area contributed by atoms with Gasteiger partial charge in [0, 0.05) is 7.05 Å². The predicted octanol–water partition coefficient (Wildman–Crippen LogP) is 0.867. The van der Waals surface area contributed by atoms with E-state index in [1.807, 2.05) is 18.2 Å². The summed E-state index contributed by atoms with van der Waals surface area (Å²) in [6, 6.07) is 7.77. The first-order valence-corrected chi connectivity index (χ1v) is 6.12. The molecule has 1 heterocycles. The maximum Gasteiger partial charge on any atom is 0.408 e. The van der Waals surface area contributed by atoms with Crippen LogP contribution in [0.3, 0.4) is 0 Å². The molecule has 0 aliphatic rings. The van der Waals surface area contributed by atoms with Gasteiger partial charge < -0.3 is 15.2 Å². The Kier molecular flexibility index (Phi) is 4.50. The molecule has 1 amide bonds. The molecule has 21 heavy (non-hydrogen) atoms. The molecule has 8 heteroatoms. The lowest BCUT2D eigenvalue weighted by atomic mass is 10.2. The summed E-state index contributed by atoms with van der Waals surface area (Å²) in [6.07, 6.45) is 0.577. The number of rotatable bonds is 5. The van der Waals surface area contributed by atoms with Gasteiger partial charge in [-0.1, -0.05) is 35.5 Å². The van der Waals surface area contributed by atoms with Crippen molar-refractivity contribution in [2.75, 3.05) is 0 Å². The van der Waals surface area contributed by atoms with Gasteiger partial charge in [-0.2, -0.15) is 0 Å². The molecule has 0 aliphatic carbocycles. The van der Waals surface area contributed by atoms with Crippen molar-refractivity contribution >= 4 is 12.1 Å². The highest BCUT2D eigenvalue weighted by atomic mass is 16.5. The number of aromatic nitrogens is 3. The van der Waals surface area contributed by atoms with Crippen molar-refractivity contribution in [3.8, 4) is 0 Å². The fourth-order valence-electron chi connectivity index (χ4n) is 1.64. The molecule has 0 spiro atoms. The molecular weight excluding hydrogens is 276 g/mol. The van der Waals surface area contributed by atoms with E-state index in [0.717, 1.165) is 5.56 Å². The molecule has 0 saturated heterocycles. The van der Waals surface area contributed by atoms with Crippen LogP contribution in [0.15, 0.2) is 36.5 Å². The number of carbonyl (C=O) groups is 2. The van der Waals surface area contributed by atoms with Gasteiger partial charge >= 0.3 is 12.1 Å². The molecular formula is C13H14N4O4. The largest absolute Gasteiger partial charge is 0.479 e. The molecule has 1 unspecified atom stereocenters. The van der Waals surface area contributed by atoms with Crippen LogP contribution in [0.2, 0.25) is 0 Å². The van der Waals surface area contributed by atoms with Crippen LogP contribution in [0.1, 0.15) is 17.3 Å². The Labute approximate surface area is 120 Å². The van der Waals surface area contributed by atoms with Crippen LogP contribution in [0, 0.1) is 0 Å². The lowest BCUT2D eigenvalue weighted by molar-refractivity contribution is -0.139. The van der Waals surface area contributed by atoms with Crippen molar-refractivity contribution < 1.29 is 19.4 Å². The summed E-state index contributed by atoms with van der Waals surface area (Å²) in [5.74, 6) is -1.24. The van der Waals surface area contributed by atoms with Crippen molar-refractivity contribution in [1.82, 2.24) is 20.3 Å². The van der Waals surface area contributed by atoms with Crippen molar-refractivity contribution in [2.24, 2.45) is 7.05 Å². The van der Waals surface area contributed by atoms with Gasteiger partial charge in [-0.15, -0.1) is 5.10 Å². The van der Waals surface area contributed by atoms with Gasteiger partial charge in [0.15, 0.2) is 6.04 Å². The number of ether oxygens (including phenoxy) is 1. The van der Waals surface area contributed by atoms with Crippen molar-refractivity contribution in [1.29, 1.82) is 0 Å². The van der Waals surface area contributed by atoms with Crippen LogP contribution in [-0.4, -0.2) is 32.2 Å². The van der Waals surface area contributed by atoms with Crippen LogP contribution in [-0.2, 0) is 23.2 Å². The number of benzene rings is 1. The molecule has 1 aromatic heterocycles. The highest BCUT2D eigenvalue weighted by Gasteiger charge is 2.25. The SMILES string of the molecule is Cn1cc(C(NC(=O)OCc2ccccc2)C(=O)O)nn1. The zero-order chi connectivity index (χ0) is 15.2. The van der Waals surface area contributed by atoms with Gasteiger partial charge in [-0.25, -0.2) is 9.59 Å². The number of aryl methyl sites for hydroxylation is 1. The number of hydrogen-bond donors (Lipinski definition) is 2. The summed E-state index contributed by atoms with van der Waals surface area (Å²) in [4.78, 5) is 22.8. The number of carboxylic acids is 1. The van der Waals surface area contributed by atoms with Gasteiger partial charge in [0.2, 0.25) is 0 Å². The molecule has 0 bridgehead atoms. The Bertz CT molecular complexity index is 626. The predicted molar refractivity (Wildman–Crippen MR) is 71.1 cm³/mol. The van der Waals surface area contributed by atoms with E-state index in [2.05, 4.69) is 15.6 Å². The minimum Gasteiger partial charge on any atom is -0.479 e. The topological polar surface area (TPSA) is 106 Å². The average Bonchev–Trinajstić information content (AvgIpc) is 2.89. The molecule has 0 radical (unpaired) electrons. The zero-order valence-corrected chi connectivity index (χ0v) is 11.3. The summed E-state index contributed by atoms with van der Waals surface area (Å²) in [6.45, 7) is 0.0550. The molecule has 0 fully saturated rings. The van der Waals surface area contributed by atoms with E-state index in [1.165, 1.54) is 10.9 Å². The van der Waals surface area contributed by atoms with E-state index in [4.69, 9.17) is 9.84 Å². The quantitative estimate of drug-likeness (QED) is 0.846. The lowest BCUT2D eigenvalue weighted by Crippen LogP contribution is -2.34. The third kappa shape index (κ3) is 4.03. The number of aliphatic carboxylic acids is 1. The van der Waals surface area contributed by atoms with Crippen LogP contribution in [0.5, 0.6) is 0 Å². The van der Waals surface area contributed by atoms with Crippen molar-refractivity contribution in [3.05, 3.63) is 47.8 Å².